The molecule has 4 heteroatoms. The Morgan fingerprint density at radius 2 is 1.64 bits per heavy atom. The Morgan fingerprint density at radius 3 is 2.44 bits per heavy atom. The van der Waals surface area contributed by atoms with Gasteiger partial charge >= 0.3 is 0 Å². The summed E-state index contributed by atoms with van der Waals surface area (Å²) < 4.78 is 2.01. The molecule has 0 aliphatic carbocycles. The van der Waals surface area contributed by atoms with Gasteiger partial charge in [-0.25, -0.2) is 4.98 Å². The van der Waals surface area contributed by atoms with Gasteiger partial charge in [-0.2, -0.15) is 0 Å². The summed E-state index contributed by atoms with van der Waals surface area (Å²) in [7, 11) is 0. The molecule has 0 spiro atoms. The first-order valence-electron chi connectivity index (χ1n) is 8.12. The molecule has 4 aromatic rings. The molecule has 0 saturated heterocycles. The van der Waals surface area contributed by atoms with E-state index in [1.54, 1.807) is 6.33 Å². The zero-order valence-corrected chi connectivity index (χ0v) is 13.8. The first-order valence-corrected chi connectivity index (χ1v) is 8.12. The van der Waals surface area contributed by atoms with E-state index in [0.717, 1.165) is 28.0 Å². The molecule has 3 aromatic carbocycles. The fourth-order valence-corrected chi connectivity index (χ4v) is 2.85. The topological polar surface area (TPSA) is 46.9 Å². The van der Waals surface area contributed by atoms with Crippen molar-refractivity contribution < 1.29 is 4.79 Å². The first kappa shape index (κ1) is 15.1. The number of aryl methyl sites for hydroxylation is 1. The van der Waals surface area contributed by atoms with E-state index < -0.39 is 0 Å². The third-order valence-corrected chi connectivity index (χ3v) is 4.25. The molecular formula is C21H17N3O. The van der Waals surface area contributed by atoms with Crippen LogP contribution < -0.4 is 5.32 Å². The smallest absolute Gasteiger partial charge is 0.255 e. The highest BCUT2D eigenvalue weighted by Gasteiger charge is 2.09. The molecule has 4 nitrogen and oxygen atoms in total. The summed E-state index contributed by atoms with van der Waals surface area (Å²) in [5, 5.41) is 2.95. The SMILES string of the molecule is Cc1ccccc1NC(=O)c1ccc(-n2cnc3ccccc32)cc1. The highest BCUT2D eigenvalue weighted by Crippen LogP contribution is 2.19. The second kappa shape index (κ2) is 6.24. The first-order chi connectivity index (χ1) is 12.2. The van der Waals surface area contributed by atoms with Crippen LogP contribution in [0.2, 0.25) is 0 Å². The lowest BCUT2D eigenvalue weighted by molar-refractivity contribution is 0.102. The van der Waals surface area contributed by atoms with Crippen LogP contribution in [-0.2, 0) is 0 Å². The maximum atomic E-state index is 12.4. The van der Waals surface area contributed by atoms with E-state index in [2.05, 4.69) is 10.3 Å². The van der Waals surface area contributed by atoms with Crippen molar-refractivity contribution in [2.24, 2.45) is 0 Å². The van der Waals surface area contributed by atoms with Gasteiger partial charge in [0.1, 0.15) is 6.33 Å². The van der Waals surface area contributed by atoms with Crippen LogP contribution in [0, 0.1) is 6.92 Å². The van der Waals surface area contributed by atoms with Crippen molar-refractivity contribution in [3.8, 4) is 5.69 Å². The van der Waals surface area contributed by atoms with Crippen molar-refractivity contribution in [1.29, 1.82) is 0 Å². The summed E-state index contributed by atoms with van der Waals surface area (Å²) in [4.78, 5) is 16.8. The third kappa shape index (κ3) is 2.90. The minimum Gasteiger partial charge on any atom is -0.322 e. The van der Waals surface area contributed by atoms with Crippen LogP contribution >= 0.6 is 0 Å². The van der Waals surface area contributed by atoms with Gasteiger partial charge in [-0.05, 0) is 55.0 Å². The minimum atomic E-state index is -0.115. The quantitative estimate of drug-likeness (QED) is 0.598. The molecule has 122 valence electrons. The number of nitrogens with zero attached hydrogens (tertiary/aromatic N) is 2. The van der Waals surface area contributed by atoms with Crippen LogP contribution in [0.4, 0.5) is 5.69 Å². The van der Waals surface area contributed by atoms with E-state index in [1.807, 2.05) is 84.3 Å². The van der Waals surface area contributed by atoms with Gasteiger partial charge in [-0.15, -0.1) is 0 Å². The number of carbonyl (C=O) groups excluding carboxylic acids is 1. The van der Waals surface area contributed by atoms with Gasteiger partial charge in [0.05, 0.1) is 11.0 Å². The van der Waals surface area contributed by atoms with E-state index in [0.29, 0.717) is 5.56 Å². The highest BCUT2D eigenvalue weighted by molar-refractivity contribution is 6.04. The lowest BCUT2D eigenvalue weighted by Gasteiger charge is -2.09. The number of nitrogens with one attached hydrogen (secondary N) is 1. The average Bonchev–Trinajstić information content (AvgIpc) is 3.08. The number of hydrogen-bond acceptors (Lipinski definition) is 2. The van der Waals surface area contributed by atoms with Crippen molar-refractivity contribution in [2.75, 3.05) is 5.32 Å². The van der Waals surface area contributed by atoms with Gasteiger partial charge in [0.25, 0.3) is 5.91 Å². The zero-order chi connectivity index (χ0) is 17.2. The number of hydrogen-bond donors (Lipinski definition) is 1. The fourth-order valence-electron chi connectivity index (χ4n) is 2.85. The lowest BCUT2D eigenvalue weighted by Crippen LogP contribution is -2.12. The van der Waals surface area contributed by atoms with Crippen molar-refractivity contribution in [1.82, 2.24) is 9.55 Å². The standard InChI is InChI=1S/C21H17N3O/c1-15-6-2-3-7-18(15)23-21(25)16-10-12-17(13-11-16)24-14-22-19-8-4-5-9-20(19)24/h2-14H,1H3,(H,23,25). The number of fused-ring (bicyclic) bond motifs is 1. The summed E-state index contributed by atoms with van der Waals surface area (Å²) >= 11 is 0. The third-order valence-electron chi connectivity index (χ3n) is 4.25. The fraction of sp³-hybridized carbons (Fsp3) is 0.0476. The molecule has 25 heavy (non-hydrogen) atoms. The Balaban J connectivity index is 1.60. The van der Waals surface area contributed by atoms with Crippen LogP contribution in [0.5, 0.6) is 0 Å². The van der Waals surface area contributed by atoms with Gasteiger partial charge in [0.15, 0.2) is 0 Å². The molecular weight excluding hydrogens is 310 g/mol. The van der Waals surface area contributed by atoms with Crippen LogP contribution in [0.1, 0.15) is 15.9 Å². The molecule has 1 amide bonds. The molecule has 0 aliphatic rings. The largest absolute Gasteiger partial charge is 0.322 e. The van der Waals surface area contributed by atoms with E-state index in [-0.39, 0.29) is 5.91 Å². The second-order valence-corrected chi connectivity index (χ2v) is 5.92. The van der Waals surface area contributed by atoms with Crippen molar-refractivity contribution in [2.45, 2.75) is 6.92 Å². The van der Waals surface area contributed by atoms with E-state index in [1.165, 1.54) is 0 Å². The molecule has 4 rings (SSSR count). The summed E-state index contributed by atoms with van der Waals surface area (Å²) in [6.45, 7) is 1.98. The summed E-state index contributed by atoms with van der Waals surface area (Å²) in [5.41, 5.74) is 5.45. The second-order valence-electron chi connectivity index (χ2n) is 5.92. The number of imidazole rings is 1. The number of amides is 1. The summed E-state index contributed by atoms with van der Waals surface area (Å²) in [6, 6.07) is 23.2. The Labute approximate surface area is 145 Å². The number of carbonyl (C=O) groups is 1. The summed E-state index contributed by atoms with van der Waals surface area (Å²) in [5.74, 6) is -0.115. The molecule has 0 unspecified atom stereocenters. The van der Waals surface area contributed by atoms with Gasteiger partial charge in [0, 0.05) is 16.9 Å². The number of benzene rings is 3. The normalized spacial score (nSPS) is 10.8. The monoisotopic (exact) mass is 327 g/mol. The predicted molar refractivity (Wildman–Crippen MR) is 100 cm³/mol. The molecule has 1 aromatic heterocycles. The van der Waals surface area contributed by atoms with Gasteiger partial charge in [0.2, 0.25) is 0 Å². The molecule has 1 heterocycles. The van der Waals surface area contributed by atoms with Crippen LogP contribution in [-0.4, -0.2) is 15.5 Å². The zero-order valence-electron chi connectivity index (χ0n) is 13.8. The average molecular weight is 327 g/mol. The Kier molecular flexibility index (Phi) is 3.78. The van der Waals surface area contributed by atoms with Crippen molar-refractivity contribution in [3.63, 3.8) is 0 Å². The molecule has 0 saturated carbocycles. The number of anilines is 1. The Morgan fingerprint density at radius 1 is 0.920 bits per heavy atom. The van der Waals surface area contributed by atoms with E-state index in [9.17, 15) is 4.79 Å². The van der Waals surface area contributed by atoms with Gasteiger partial charge in [-0.1, -0.05) is 30.3 Å². The van der Waals surface area contributed by atoms with Crippen LogP contribution in [0.15, 0.2) is 79.1 Å². The molecule has 0 bridgehead atoms. The number of aromatic nitrogens is 2. The van der Waals surface area contributed by atoms with E-state index in [4.69, 9.17) is 0 Å². The maximum Gasteiger partial charge on any atom is 0.255 e. The molecule has 0 atom stereocenters. The number of para-hydroxylation sites is 3. The highest BCUT2D eigenvalue weighted by atomic mass is 16.1. The molecule has 0 fully saturated rings. The van der Waals surface area contributed by atoms with Crippen molar-refractivity contribution >= 4 is 22.6 Å². The Bertz CT molecular complexity index is 1050. The molecule has 1 N–H and O–H groups in total. The number of rotatable bonds is 3. The summed E-state index contributed by atoms with van der Waals surface area (Å²) in [6.07, 6.45) is 1.80. The van der Waals surface area contributed by atoms with Crippen LogP contribution in [0.3, 0.4) is 0 Å². The lowest BCUT2D eigenvalue weighted by atomic mass is 10.1. The Hall–Kier alpha value is -3.40. The molecule has 0 radical (unpaired) electrons. The van der Waals surface area contributed by atoms with Gasteiger partial charge < -0.3 is 5.32 Å². The van der Waals surface area contributed by atoms with E-state index >= 15 is 0 Å². The van der Waals surface area contributed by atoms with Gasteiger partial charge in [-0.3, -0.25) is 9.36 Å². The van der Waals surface area contributed by atoms with Crippen molar-refractivity contribution in [3.05, 3.63) is 90.3 Å². The molecule has 0 aliphatic heterocycles. The predicted octanol–water partition coefficient (Wildman–Crippen LogP) is 4.59. The minimum absolute atomic E-state index is 0.115. The maximum absolute atomic E-state index is 12.4. The van der Waals surface area contributed by atoms with Crippen LogP contribution in [0.25, 0.3) is 16.7 Å².